The average molecular weight is 305 g/mol. The lowest BCUT2D eigenvalue weighted by Gasteiger charge is -2.14. The van der Waals surface area contributed by atoms with E-state index in [1.54, 1.807) is 12.1 Å². The minimum Gasteiger partial charge on any atom is -0.493 e. The Hall–Kier alpha value is -3.03. The van der Waals surface area contributed by atoms with Crippen molar-refractivity contribution < 1.29 is 24.1 Å². The molecule has 8 nitrogen and oxygen atoms in total. The summed E-state index contributed by atoms with van der Waals surface area (Å²) in [6.45, 7) is 0. The molecule has 1 heterocycles. The highest BCUT2D eigenvalue weighted by molar-refractivity contribution is 5.91. The lowest BCUT2D eigenvalue weighted by molar-refractivity contribution is 0.0691. The fourth-order valence-corrected chi connectivity index (χ4v) is 1.92. The van der Waals surface area contributed by atoms with E-state index in [4.69, 9.17) is 25.1 Å². The number of methoxy groups -OCH3 is 3. The number of carboxylic acids is 1. The molecule has 0 aliphatic carbocycles. The van der Waals surface area contributed by atoms with Gasteiger partial charge in [0.05, 0.1) is 33.2 Å². The van der Waals surface area contributed by atoms with Crippen LogP contribution in [0.15, 0.2) is 18.3 Å². The number of rotatable bonds is 5. The summed E-state index contributed by atoms with van der Waals surface area (Å²) in [5.41, 5.74) is 6.07. The number of hydrogen-bond acceptors (Lipinski definition) is 7. The van der Waals surface area contributed by atoms with E-state index in [1.807, 2.05) is 0 Å². The van der Waals surface area contributed by atoms with Crippen molar-refractivity contribution in [2.45, 2.75) is 0 Å². The van der Waals surface area contributed by atoms with Gasteiger partial charge < -0.3 is 25.1 Å². The van der Waals surface area contributed by atoms with E-state index >= 15 is 0 Å². The first kappa shape index (κ1) is 15.4. The van der Waals surface area contributed by atoms with Crippen LogP contribution in [0.5, 0.6) is 17.2 Å². The first-order chi connectivity index (χ1) is 10.5. The molecule has 2 aromatic rings. The van der Waals surface area contributed by atoms with Crippen molar-refractivity contribution in [2.24, 2.45) is 0 Å². The van der Waals surface area contributed by atoms with Crippen molar-refractivity contribution in [3.8, 4) is 28.5 Å². The summed E-state index contributed by atoms with van der Waals surface area (Å²) < 4.78 is 15.7. The largest absolute Gasteiger partial charge is 0.493 e. The van der Waals surface area contributed by atoms with Crippen LogP contribution in [0.2, 0.25) is 0 Å². The molecule has 8 heteroatoms. The highest BCUT2D eigenvalue weighted by atomic mass is 16.5. The molecular formula is C14H15N3O5. The van der Waals surface area contributed by atoms with Crippen LogP contribution in [0.3, 0.4) is 0 Å². The summed E-state index contributed by atoms with van der Waals surface area (Å²) in [4.78, 5) is 19.0. The number of hydrogen-bond donors (Lipinski definition) is 2. The lowest BCUT2D eigenvalue weighted by atomic mass is 10.1. The van der Waals surface area contributed by atoms with E-state index in [1.165, 1.54) is 27.5 Å². The maximum atomic E-state index is 11.1. The minimum atomic E-state index is -1.25. The second kappa shape index (κ2) is 6.17. The molecule has 1 aromatic heterocycles. The minimum absolute atomic E-state index is 0.149. The fraction of sp³-hybridized carbons (Fsp3) is 0.214. The third kappa shape index (κ3) is 2.71. The monoisotopic (exact) mass is 305 g/mol. The Morgan fingerprint density at radius 2 is 1.73 bits per heavy atom. The molecule has 2 rings (SSSR count). The van der Waals surface area contributed by atoms with Crippen LogP contribution < -0.4 is 19.9 Å². The number of benzene rings is 1. The third-order valence-electron chi connectivity index (χ3n) is 2.96. The van der Waals surface area contributed by atoms with E-state index < -0.39 is 5.97 Å². The Bertz CT molecular complexity index is 693. The summed E-state index contributed by atoms with van der Waals surface area (Å²) >= 11 is 0. The SMILES string of the molecule is COc1cc(-c2cnc(N)c(C(=O)O)n2)cc(OC)c1OC. The molecule has 0 saturated carbocycles. The second-order valence-electron chi connectivity index (χ2n) is 4.21. The number of ether oxygens (including phenoxy) is 3. The van der Waals surface area contributed by atoms with Gasteiger partial charge in [-0.2, -0.15) is 0 Å². The lowest BCUT2D eigenvalue weighted by Crippen LogP contribution is -2.08. The van der Waals surface area contributed by atoms with Gasteiger partial charge in [-0.1, -0.05) is 0 Å². The van der Waals surface area contributed by atoms with Crippen molar-refractivity contribution >= 4 is 11.8 Å². The van der Waals surface area contributed by atoms with Gasteiger partial charge in [-0.15, -0.1) is 0 Å². The highest BCUT2D eigenvalue weighted by Crippen LogP contribution is 2.40. The number of carbonyl (C=O) groups is 1. The zero-order valence-electron chi connectivity index (χ0n) is 12.3. The van der Waals surface area contributed by atoms with Gasteiger partial charge in [0, 0.05) is 5.56 Å². The van der Waals surface area contributed by atoms with Gasteiger partial charge >= 0.3 is 5.97 Å². The molecule has 0 saturated heterocycles. The number of aromatic nitrogens is 2. The zero-order chi connectivity index (χ0) is 16.3. The van der Waals surface area contributed by atoms with Gasteiger partial charge in [-0.25, -0.2) is 14.8 Å². The first-order valence-electron chi connectivity index (χ1n) is 6.18. The van der Waals surface area contributed by atoms with Crippen LogP contribution in [0.25, 0.3) is 11.3 Å². The van der Waals surface area contributed by atoms with E-state index in [9.17, 15) is 4.79 Å². The molecule has 0 fully saturated rings. The smallest absolute Gasteiger partial charge is 0.358 e. The number of nitrogen functional groups attached to an aromatic ring is 1. The van der Waals surface area contributed by atoms with Crippen molar-refractivity contribution in [1.29, 1.82) is 0 Å². The quantitative estimate of drug-likeness (QED) is 0.852. The van der Waals surface area contributed by atoms with E-state index in [-0.39, 0.29) is 11.5 Å². The molecule has 0 atom stereocenters. The molecule has 0 bridgehead atoms. The summed E-state index contributed by atoms with van der Waals surface area (Å²) in [7, 11) is 4.46. The predicted octanol–water partition coefficient (Wildman–Crippen LogP) is 1.45. The second-order valence-corrected chi connectivity index (χ2v) is 4.21. The first-order valence-corrected chi connectivity index (χ1v) is 6.18. The Morgan fingerprint density at radius 3 is 2.18 bits per heavy atom. The molecule has 116 valence electrons. The van der Waals surface area contributed by atoms with Crippen molar-refractivity contribution in [2.75, 3.05) is 27.1 Å². The molecule has 0 spiro atoms. The summed E-state index contributed by atoms with van der Waals surface area (Å²) in [5, 5.41) is 9.07. The topological polar surface area (TPSA) is 117 Å². The van der Waals surface area contributed by atoms with Crippen LogP contribution in [0.4, 0.5) is 5.82 Å². The van der Waals surface area contributed by atoms with Gasteiger partial charge in [-0.05, 0) is 12.1 Å². The van der Waals surface area contributed by atoms with Crippen molar-refractivity contribution in [3.05, 3.63) is 24.0 Å². The molecule has 22 heavy (non-hydrogen) atoms. The summed E-state index contributed by atoms with van der Waals surface area (Å²) in [6.07, 6.45) is 1.38. The maximum absolute atomic E-state index is 11.1. The van der Waals surface area contributed by atoms with Gasteiger partial charge in [0.2, 0.25) is 5.75 Å². The molecule has 0 unspecified atom stereocenters. The van der Waals surface area contributed by atoms with Crippen LogP contribution in [0, 0.1) is 0 Å². The summed E-state index contributed by atoms with van der Waals surface area (Å²) in [5.74, 6) is -0.127. The summed E-state index contributed by atoms with van der Waals surface area (Å²) in [6, 6.07) is 3.29. The molecule has 0 radical (unpaired) electrons. The van der Waals surface area contributed by atoms with Crippen LogP contribution in [0.1, 0.15) is 10.5 Å². The Morgan fingerprint density at radius 1 is 1.14 bits per heavy atom. The molecule has 0 amide bonds. The fourth-order valence-electron chi connectivity index (χ4n) is 1.92. The van der Waals surface area contributed by atoms with Gasteiger partial charge in [0.15, 0.2) is 23.0 Å². The van der Waals surface area contributed by atoms with E-state index in [2.05, 4.69) is 9.97 Å². The van der Waals surface area contributed by atoms with Gasteiger partial charge in [0.25, 0.3) is 0 Å². The van der Waals surface area contributed by atoms with Crippen LogP contribution in [-0.4, -0.2) is 42.4 Å². The van der Waals surface area contributed by atoms with E-state index in [0.717, 1.165) is 0 Å². The van der Waals surface area contributed by atoms with E-state index in [0.29, 0.717) is 28.5 Å². The molecule has 1 aromatic carbocycles. The number of nitrogens with two attached hydrogens (primary N) is 1. The maximum Gasteiger partial charge on any atom is 0.358 e. The van der Waals surface area contributed by atoms with Crippen LogP contribution >= 0.6 is 0 Å². The predicted molar refractivity (Wildman–Crippen MR) is 78.5 cm³/mol. The molecular weight excluding hydrogens is 290 g/mol. The number of aromatic carboxylic acids is 1. The standard InChI is InChI=1S/C14H15N3O5/c1-20-9-4-7(5-10(21-2)12(9)22-3)8-6-16-13(15)11(17-8)14(18)19/h4-6H,1-3H3,(H2,15,16)(H,18,19). The van der Waals surface area contributed by atoms with Crippen molar-refractivity contribution in [1.82, 2.24) is 9.97 Å². The van der Waals surface area contributed by atoms with Crippen molar-refractivity contribution in [3.63, 3.8) is 0 Å². The Kier molecular flexibility index (Phi) is 4.31. The third-order valence-corrected chi connectivity index (χ3v) is 2.96. The Balaban J connectivity index is 2.62. The zero-order valence-corrected chi connectivity index (χ0v) is 12.3. The number of nitrogens with zero attached hydrogens (tertiary/aromatic N) is 2. The highest BCUT2D eigenvalue weighted by Gasteiger charge is 2.17. The molecule has 0 aliphatic heterocycles. The van der Waals surface area contributed by atoms with Gasteiger partial charge in [0.1, 0.15) is 0 Å². The number of anilines is 1. The van der Waals surface area contributed by atoms with Gasteiger partial charge in [-0.3, -0.25) is 0 Å². The average Bonchev–Trinajstić information content (AvgIpc) is 2.53. The number of carboxylic acid groups (broad SMARTS) is 1. The Labute approximate surface area is 126 Å². The van der Waals surface area contributed by atoms with Crippen LogP contribution in [-0.2, 0) is 0 Å². The molecule has 0 aliphatic rings. The normalized spacial score (nSPS) is 10.1. The molecule has 3 N–H and O–H groups in total.